The van der Waals surface area contributed by atoms with Crippen molar-refractivity contribution >= 4 is 0 Å². The van der Waals surface area contributed by atoms with Crippen molar-refractivity contribution in [3.05, 3.63) is 0 Å². The van der Waals surface area contributed by atoms with E-state index in [9.17, 15) is 0 Å². The van der Waals surface area contributed by atoms with Crippen LogP contribution in [0.1, 0.15) is 52.9 Å². The van der Waals surface area contributed by atoms with Gasteiger partial charge in [-0.15, -0.1) is 0 Å². The predicted molar refractivity (Wildman–Crippen MR) is 53.0 cm³/mol. The third-order valence-electron chi connectivity index (χ3n) is 4.25. The molecule has 2 fully saturated rings. The highest BCUT2D eigenvalue weighted by molar-refractivity contribution is 5.06. The Bertz CT molecular complexity index is 167. The molecule has 0 aromatic carbocycles. The molecule has 0 aliphatic heterocycles. The van der Waals surface area contributed by atoms with Crippen molar-refractivity contribution in [3.8, 4) is 0 Å². The molecule has 0 radical (unpaired) electrons. The summed E-state index contributed by atoms with van der Waals surface area (Å²) in [6, 6.07) is 0. The Hall–Kier alpha value is 0. The van der Waals surface area contributed by atoms with Crippen LogP contribution in [0.25, 0.3) is 0 Å². The van der Waals surface area contributed by atoms with Crippen molar-refractivity contribution < 1.29 is 0 Å². The van der Waals surface area contributed by atoms with Gasteiger partial charge in [-0.3, -0.25) is 0 Å². The molecule has 2 aliphatic rings. The number of rotatable bonds is 4. The molecule has 0 nitrogen and oxygen atoms in total. The molecular weight excluding hydrogens is 144 g/mol. The first-order chi connectivity index (χ1) is 5.67. The SMILES string of the molecule is CCCC(C)C1CC1C1(C)CC1. The fourth-order valence-corrected chi connectivity index (χ4v) is 2.88. The first kappa shape index (κ1) is 8.59. The van der Waals surface area contributed by atoms with Gasteiger partial charge in [0, 0.05) is 0 Å². The normalized spacial score (nSPS) is 39.2. The minimum atomic E-state index is 0.812. The molecular formula is C12H22. The van der Waals surface area contributed by atoms with E-state index in [1.54, 1.807) is 6.42 Å². The molecule has 0 N–H and O–H groups in total. The van der Waals surface area contributed by atoms with Gasteiger partial charge in [-0.2, -0.15) is 0 Å². The summed E-state index contributed by atoms with van der Waals surface area (Å²) in [7, 11) is 0. The smallest absolute Gasteiger partial charge is 0.0294 e. The highest BCUT2D eigenvalue weighted by Crippen LogP contribution is 2.65. The van der Waals surface area contributed by atoms with Crippen LogP contribution in [0.4, 0.5) is 0 Å². The van der Waals surface area contributed by atoms with Gasteiger partial charge in [0.05, 0.1) is 0 Å². The molecule has 0 heteroatoms. The topological polar surface area (TPSA) is 0 Å². The summed E-state index contributed by atoms with van der Waals surface area (Å²) in [5.74, 6) is 3.24. The van der Waals surface area contributed by atoms with Crippen LogP contribution in [0.5, 0.6) is 0 Å². The molecule has 0 heterocycles. The van der Waals surface area contributed by atoms with Crippen LogP contribution in [0, 0.1) is 23.2 Å². The molecule has 0 spiro atoms. The lowest BCUT2D eigenvalue weighted by Crippen LogP contribution is -2.04. The largest absolute Gasteiger partial charge is 0.0654 e. The Morgan fingerprint density at radius 3 is 2.58 bits per heavy atom. The Kier molecular flexibility index (Phi) is 1.97. The zero-order valence-corrected chi connectivity index (χ0v) is 8.77. The maximum atomic E-state index is 2.50. The number of hydrogen-bond donors (Lipinski definition) is 0. The van der Waals surface area contributed by atoms with E-state index in [4.69, 9.17) is 0 Å². The fourth-order valence-electron chi connectivity index (χ4n) is 2.88. The van der Waals surface area contributed by atoms with Gasteiger partial charge in [-0.25, -0.2) is 0 Å². The summed E-state index contributed by atoms with van der Waals surface area (Å²) in [4.78, 5) is 0. The van der Waals surface area contributed by atoms with Crippen LogP contribution in [0.3, 0.4) is 0 Å². The third-order valence-corrected chi connectivity index (χ3v) is 4.25. The van der Waals surface area contributed by atoms with E-state index in [0.717, 1.165) is 23.2 Å². The van der Waals surface area contributed by atoms with Crippen molar-refractivity contribution in [1.29, 1.82) is 0 Å². The van der Waals surface area contributed by atoms with Crippen molar-refractivity contribution in [2.45, 2.75) is 52.9 Å². The summed E-state index contributed by atoms with van der Waals surface area (Å²) in [6.07, 6.45) is 7.43. The van der Waals surface area contributed by atoms with Gasteiger partial charge >= 0.3 is 0 Å². The lowest BCUT2D eigenvalue weighted by atomic mass is 9.93. The lowest BCUT2D eigenvalue weighted by molar-refractivity contribution is 0.374. The van der Waals surface area contributed by atoms with Crippen LogP contribution in [0.2, 0.25) is 0 Å². The fraction of sp³-hybridized carbons (Fsp3) is 1.00. The monoisotopic (exact) mass is 166 g/mol. The first-order valence-corrected chi connectivity index (χ1v) is 5.67. The van der Waals surface area contributed by atoms with Gasteiger partial charge in [0.15, 0.2) is 0 Å². The van der Waals surface area contributed by atoms with Gasteiger partial charge in [-0.1, -0.05) is 33.6 Å². The van der Waals surface area contributed by atoms with E-state index in [2.05, 4.69) is 20.8 Å². The summed E-state index contributed by atoms with van der Waals surface area (Å²) in [6.45, 7) is 7.27. The second kappa shape index (κ2) is 2.75. The molecule has 2 rings (SSSR count). The standard InChI is InChI=1S/C12H22/c1-4-5-9(2)10-8-11(10)12(3)6-7-12/h9-11H,4-8H2,1-3H3. The van der Waals surface area contributed by atoms with Gasteiger partial charge < -0.3 is 0 Å². The molecule has 2 aliphatic carbocycles. The van der Waals surface area contributed by atoms with E-state index >= 15 is 0 Å². The predicted octanol–water partition coefficient (Wildman–Crippen LogP) is 3.86. The molecule has 0 amide bonds. The average Bonchev–Trinajstić information content (AvgIpc) is 2.80. The Morgan fingerprint density at radius 2 is 2.08 bits per heavy atom. The maximum Gasteiger partial charge on any atom is -0.0294 e. The Labute approximate surface area is 76.7 Å². The summed E-state index contributed by atoms with van der Waals surface area (Å²) in [5.41, 5.74) is 0.812. The van der Waals surface area contributed by atoms with Crippen LogP contribution in [0.15, 0.2) is 0 Å². The van der Waals surface area contributed by atoms with Crippen molar-refractivity contribution in [2.24, 2.45) is 23.2 Å². The third kappa shape index (κ3) is 1.41. The van der Waals surface area contributed by atoms with Crippen LogP contribution in [-0.2, 0) is 0 Å². The minimum absolute atomic E-state index is 0.812. The van der Waals surface area contributed by atoms with E-state index < -0.39 is 0 Å². The zero-order chi connectivity index (χ0) is 8.77. The highest BCUT2D eigenvalue weighted by Gasteiger charge is 2.56. The van der Waals surface area contributed by atoms with Crippen LogP contribution < -0.4 is 0 Å². The second-order valence-electron chi connectivity index (χ2n) is 5.43. The quantitative estimate of drug-likeness (QED) is 0.595. The molecule has 12 heavy (non-hydrogen) atoms. The van der Waals surface area contributed by atoms with E-state index in [0.29, 0.717) is 0 Å². The molecule has 3 atom stereocenters. The minimum Gasteiger partial charge on any atom is -0.0654 e. The lowest BCUT2D eigenvalue weighted by Gasteiger charge is -2.12. The van der Waals surface area contributed by atoms with Crippen LogP contribution in [-0.4, -0.2) is 0 Å². The molecule has 0 saturated heterocycles. The average molecular weight is 166 g/mol. The summed E-state index contributed by atoms with van der Waals surface area (Å²) >= 11 is 0. The van der Waals surface area contributed by atoms with Gasteiger partial charge in [0.25, 0.3) is 0 Å². The number of hydrogen-bond acceptors (Lipinski definition) is 0. The highest BCUT2D eigenvalue weighted by atomic mass is 14.6. The molecule has 0 aromatic heterocycles. The zero-order valence-electron chi connectivity index (χ0n) is 8.77. The second-order valence-corrected chi connectivity index (χ2v) is 5.43. The van der Waals surface area contributed by atoms with Gasteiger partial charge in [0.2, 0.25) is 0 Å². The maximum absolute atomic E-state index is 2.50. The molecule has 3 unspecified atom stereocenters. The Morgan fingerprint density at radius 1 is 1.42 bits per heavy atom. The van der Waals surface area contributed by atoms with E-state index in [-0.39, 0.29) is 0 Å². The van der Waals surface area contributed by atoms with Crippen molar-refractivity contribution in [1.82, 2.24) is 0 Å². The van der Waals surface area contributed by atoms with E-state index in [1.807, 2.05) is 0 Å². The molecule has 0 bridgehead atoms. The molecule has 0 aromatic rings. The van der Waals surface area contributed by atoms with Crippen LogP contribution >= 0.6 is 0 Å². The van der Waals surface area contributed by atoms with Crippen molar-refractivity contribution in [3.63, 3.8) is 0 Å². The van der Waals surface area contributed by atoms with Crippen molar-refractivity contribution in [2.75, 3.05) is 0 Å². The Balaban J connectivity index is 1.79. The van der Waals surface area contributed by atoms with E-state index in [1.165, 1.54) is 25.7 Å². The summed E-state index contributed by atoms with van der Waals surface area (Å²) < 4.78 is 0. The first-order valence-electron chi connectivity index (χ1n) is 5.67. The van der Waals surface area contributed by atoms with Gasteiger partial charge in [-0.05, 0) is 42.4 Å². The molecule has 2 saturated carbocycles. The molecule has 70 valence electrons. The summed E-state index contributed by atoms with van der Waals surface area (Å²) in [5, 5.41) is 0. The van der Waals surface area contributed by atoms with Gasteiger partial charge in [0.1, 0.15) is 0 Å².